The maximum Gasteiger partial charge on any atom is 0.248 e. The van der Waals surface area contributed by atoms with Crippen molar-refractivity contribution in [3.8, 4) is 5.69 Å². The first-order valence-electron chi connectivity index (χ1n) is 8.47. The molecule has 0 spiro atoms. The summed E-state index contributed by atoms with van der Waals surface area (Å²) in [5.74, 6) is 0.518. The van der Waals surface area contributed by atoms with Crippen molar-refractivity contribution in [2.75, 3.05) is 11.9 Å². The van der Waals surface area contributed by atoms with E-state index in [1.165, 1.54) is 0 Å². The van der Waals surface area contributed by atoms with Gasteiger partial charge in [-0.1, -0.05) is 37.1 Å². The maximum atomic E-state index is 12.7. The second-order valence-electron chi connectivity index (χ2n) is 5.92. The quantitative estimate of drug-likeness (QED) is 0.805. The summed E-state index contributed by atoms with van der Waals surface area (Å²) in [6.07, 6.45) is 1.86. The smallest absolute Gasteiger partial charge is 0.248 e. The van der Waals surface area contributed by atoms with Crippen LogP contribution >= 0.6 is 0 Å². The molecule has 24 heavy (non-hydrogen) atoms. The van der Waals surface area contributed by atoms with E-state index in [1.54, 1.807) is 4.68 Å². The number of para-hydroxylation sites is 1. The van der Waals surface area contributed by atoms with E-state index in [1.807, 2.05) is 35.2 Å². The molecule has 7 heteroatoms. The first kappa shape index (κ1) is 17.9. The number of amides is 1. The molecule has 1 amide bonds. The molecule has 7 nitrogen and oxygen atoms in total. The van der Waals surface area contributed by atoms with E-state index in [2.05, 4.69) is 48.5 Å². The Labute approximate surface area is 143 Å². The van der Waals surface area contributed by atoms with Gasteiger partial charge < -0.3 is 10.2 Å². The second-order valence-corrected chi connectivity index (χ2v) is 5.92. The number of hydrogen-bond donors (Lipinski definition) is 1. The lowest BCUT2D eigenvalue weighted by atomic mass is 10.1. The predicted octanol–water partition coefficient (Wildman–Crippen LogP) is 2.50. The van der Waals surface area contributed by atoms with Crippen LogP contribution in [0.4, 0.5) is 5.95 Å². The minimum atomic E-state index is 0.0568. The van der Waals surface area contributed by atoms with E-state index in [0.29, 0.717) is 5.95 Å². The molecule has 0 bridgehead atoms. The summed E-state index contributed by atoms with van der Waals surface area (Å²) < 4.78 is 1.59. The van der Waals surface area contributed by atoms with Crippen LogP contribution in [0.25, 0.3) is 5.69 Å². The summed E-state index contributed by atoms with van der Waals surface area (Å²) in [7, 11) is 0. The molecule has 1 N–H and O–H groups in total. The third kappa shape index (κ3) is 4.10. The van der Waals surface area contributed by atoms with Crippen LogP contribution in [-0.4, -0.2) is 49.6 Å². The number of tetrazole rings is 1. The van der Waals surface area contributed by atoms with Gasteiger partial charge in [0.2, 0.25) is 11.9 Å². The number of nitrogens with zero attached hydrogens (tertiary/aromatic N) is 5. The minimum Gasteiger partial charge on any atom is -0.344 e. The van der Waals surface area contributed by atoms with Crippen LogP contribution in [0.3, 0.4) is 0 Å². The van der Waals surface area contributed by atoms with Crippen molar-refractivity contribution in [3.63, 3.8) is 0 Å². The summed E-state index contributed by atoms with van der Waals surface area (Å²) in [5, 5.41) is 14.7. The van der Waals surface area contributed by atoms with Crippen LogP contribution in [0.2, 0.25) is 0 Å². The zero-order valence-electron chi connectivity index (χ0n) is 14.8. The number of carbonyl (C=O) groups is 1. The molecule has 0 aliphatic heterocycles. The lowest BCUT2D eigenvalue weighted by molar-refractivity contribution is -0.133. The average Bonchev–Trinajstić information content (AvgIpc) is 3.09. The summed E-state index contributed by atoms with van der Waals surface area (Å²) in [6.45, 7) is 8.52. The molecule has 1 aromatic heterocycles. The Bertz CT molecular complexity index is 632. The highest BCUT2D eigenvalue weighted by atomic mass is 16.2. The van der Waals surface area contributed by atoms with Gasteiger partial charge in [-0.25, -0.2) is 0 Å². The van der Waals surface area contributed by atoms with E-state index >= 15 is 0 Å². The van der Waals surface area contributed by atoms with Gasteiger partial charge in [0.25, 0.3) is 0 Å². The number of anilines is 1. The van der Waals surface area contributed by atoms with E-state index < -0.39 is 0 Å². The SMILES string of the molecule is CCC(C)N(C(=O)CNc1nnnn1-c1ccccc1)C(C)CC. The van der Waals surface area contributed by atoms with Crippen LogP contribution in [0.1, 0.15) is 40.5 Å². The highest BCUT2D eigenvalue weighted by Gasteiger charge is 2.23. The van der Waals surface area contributed by atoms with E-state index in [4.69, 9.17) is 0 Å². The monoisotopic (exact) mass is 330 g/mol. The van der Waals surface area contributed by atoms with Crippen molar-refractivity contribution >= 4 is 11.9 Å². The van der Waals surface area contributed by atoms with Gasteiger partial charge in [0.1, 0.15) is 0 Å². The number of benzene rings is 1. The molecule has 2 rings (SSSR count). The van der Waals surface area contributed by atoms with Gasteiger partial charge in [0, 0.05) is 12.1 Å². The largest absolute Gasteiger partial charge is 0.344 e. The molecular formula is C17H26N6O. The molecule has 0 saturated carbocycles. The number of rotatable bonds is 8. The molecule has 2 atom stereocenters. The Morgan fingerprint density at radius 2 is 1.79 bits per heavy atom. The van der Waals surface area contributed by atoms with Crippen LogP contribution in [0.5, 0.6) is 0 Å². The number of hydrogen-bond acceptors (Lipinski definition) is 5. The van der Waals surface area contributed by atoms with E-state index in [0.717, 1.165) is 18.5 Å². The Balaban J connectivity index is 2.08. The zero-order chi connectivity index (χ0) is 17.5. The highest BCUT2D eigenvalue weighted by molar-refractivity contribution is 5.81. The molecule has 0 aliphatic rings. The molecule has 0 saturated heterocycles. The Morgan fingerprint density at radius 1 is 1.17 bits per heavy atom. The van der Waals surface area contributed by atoms with Gasteiger partial charge in [0.15, 0.2) is 0 Å². The van der Waals surface area contributed by atoms with Gasteiger partial charge in [0.05, 0.1) is 12.2 Å². The average molecular weight is 330 g/mol. The maximum absolute atomic E-state index is 12.7. The summed E-state index contributed by atoms with van der Waals surface area (Å²) in [6, 6.07) is 10.0. The number of nitrogens with one attached hydrogen (secondary N) is 1. The number of carbonyl (C=O) groups excluding carboxylic acids is 1. The van der Waals surface area contributed by atoms with Gasteiger partial charge in [-0.15, -0.1) is 0 Å². The Kier molecular flexibility index (Phi) is 6.28. The Hall–Kier alpha value is -2.44. The fraction of sp³-hybridized carbons (Fsp3) is 0.529. The molecule has 2 unspecified atom stereocenters. The standard InChI is InChI=1S/C17H26N6O/c1-5-13(3)22(14(4)6-2)16(24)12-18-17-19-20-21-23(17)15-10-8-7-9-11-15/h7-11,13-14H,5-6,12H2,1-4H3,(H,18,19,21). The number of aromatic nitrogens is 4. The fourth-order valence-electron chi connectivity index (χ4n) is 2.61. The topological polar surface area (TPSA) is 75.9 Å². The lowest BCUT2D eigenvalue weighted by Gasteiger charge is -2.34. The molecule has 1 heterocycles. The van der Waals surface area contributed by atoms with Crippen molar-refractivity contribution in [1.82, 2.24) is 25.1 Å². The van der Waals surface area contributed by atoms with Crippen molar-refractivity contribution in [1.29, 1.82) is 0 Å². The zero-order valence-corrected chi connectivity index (χ0v) is 14.8. The van der Waals surface area contributed by atoms with Gasteiger partial charge >= 0.3 is 0 Å². The molecule has 0 radical (unpaired) electrons. The molecule has 1 aromatic carbocycles. The van der Waals surface area contributed by atoms with Gasteiger partial charge in [-0.3, -0.25) is 4.79 Å². The van der Waals surface area contributed by atoms with E-state index in [9.17, 15) is 4.79 Å². The molecular weight excluding hydrogens is 304 g/mol. The lowest BCUT2D eigenvalue weighted by Crippen LogP contribution is -2.46. The van der Waals surface area contributed by atoms with Crippen LogP contribution in [-0.2, 0) is 4.79 Å². The molecule has 0 fully saturated rings. The third-order valence-corrected chi connectivity index (χ3v) is 4.29. The van der Waals surface area contributed by atoms with Gasteiger partial charge in [-0.2, -0.15) is 4.68 Å². The first-order valence-corrected chi connectivity index (χ1v) is 8.47. The second kappa shape index (κ2) is 8.42. The van der Waals surface area contributed by atoms with Crippen molar-refractivity contribution in [2.45, 2.75) is 52.6 Å². The fourth-order valence-corrected chi connectivity index (χ4v) is 2.61. The molecule has 2 aromatic rings. The predicted molar refractivity (Wildman–Crippen MR) is 94.0 cm³/mol. The van der Waals surface area contributed by atoms with Crippen molar-refractivity contribution < 1.29 is 4.79 Å². The Morgan fingerprint density at radius 3 is 2.38 bits per heavy atom. The van der Waals surface area contributed by atoms with E-state index in [-0.39, 0.29) is 24.5 Å². The summed E-state index contributed by atoms with van der Waals surface area (Å²) in [4.78, 5) is 14.6. The van der Waals surface area contributed by atoms with Crippen molar-refractivity contribution in [3.05, 3.63) is 30.3 Å². The van der Waals surface area contributed by atoms with Crippen molar-refractivity contribution in [2.24, 2.45) is 0 Å². The van der Waals surface area contributed by atoms with Crippen LogP contribution in [0.15, 0.2) is 30.3 Å². The van der Waals surface area contributed by atoms with Crippen LogP contribution < -0.4 is 5.32 Å². The van der Waals surface area contributed by atoms with Crippen LogP contribution in [0, 0.1) is 0 Å². The normalized spacial score (nSPS) is 13.3. The van der Waals surface area contributed by atoms with Gasteiger partial charge in [-0.05, 0) is 49.2 Å². The summed E-state index contributed by atoms with van der Waals surface area (Å²) in [5.41, 5.74) is 0.846. The molecule has 0 aliphatic carbocycles. The molecule has 130 valence electrons. The first-order chi connectivity index (χ1) is 11.6. The third-order valence-electron chi connectivity index (χ3n) is 4.29. The minimum absolute atomic E-state index is 0.0568. The highest BCUT2D eigenvalue weighted by Crippen LogP contribution is 2.14. The summed E-state index contributed by atoms with van der Waals surface area (Å²) >= 11 is 0.